The Balaban J connectivity index is 2.26. The fourth-order valence-electron chi connectivity index (χ4n) is 1.79. The first-order valence-electron chi connectivity index (χ1n) is 4.92. The summed E-state index contributed by atoms with van der Waals surface area (Å²) in [6.45, 7) is 0. The van der Waals surface area contributed by atoms with Crippen molar-refractivity contribution >= 4 is 21.8 Å². The summed E-state index contributed by atoms with van der Waals surface area (Å²) < 4.78 is 1.02. The van der Waals surface area contributed by atoms with Gasteiger partial charge in [0.25, 0.3) is 0 Å². The molecule has 0 unspecified atom stereocenters. The maximum absolute atomic E-state index is 11.9. The molecule has 0 aromatic heterocycles. The molecule has 80 valence electrons. The van der Waals surface area contributed by atoms with Gasteiger partial charge in [-0.05, 0) is 30.5 Å². The molecular weight excluding hydrogens is 256 g/mol. The monoisotopic (exact) mass is 268 g/mol. The molecule has 2 N–H and O–H groups in total. The van der Waals surface area contributed by atoms with Gasteiger partial charge in [0.15, 0.2) is 0 Å². The molecule has 0 atom stereocenters. The molecule has 1 aromatic rings. The van der Waals surface area contributed by atoms with Gasteiger partial charge in [-0.1, -0.05) is 28.1 Å². The standard InChI is InChI=1S/C11H13BrN2O/c1-13-14-10(15)11(5-6-11)8-3-2-4-9(12)7-8/h2-4,7,13H,5-6H2,1H3,(H,14,15). The van der Waals surface area contributed by atoms with Crippen molar-refractivity contribution in [2.45, 2.75) is 18.3 Å². The van der Waals surface area contributed by atoms with Gasteiger partial charge >= 0.3 is 0 Å². The lowest BCUT2D eigenvalue weighted by Crippen LogP contribution is -2.41. The van der Waals surface area contributed by atoms with Crippen molar-refractivity contribution < 1.29 is 4.79 Å². The number of amides is 1. The third-order valence-electron chi connectivity index (χ3n) is 2.80. The minimum absolute atomic E-state index is 0.0584. The van der Waals surface area contributed by atoms with Crippen LogP contribution >= 0.6 is 15.9 Å². The first-order valence-corrected chi connectivity index (χ1v) is 5.71. The van der Waals surface area contributed by atoms with E-state index in [1.54, 1.807) is 7.05 Å². The molecule has 0 bridgehead atoms. The predicted molar refractivity (Wildman–Crippen MR) is 62.3 cm³/mol. The quantitative estimate of drug-likeness (QED) is 0.820. The molecule has 1 fully saturated rings. The summed E-state index contributed by atoms with van der Waals surface area (Å²) in [7, 11) is 1.70. The van der Waals surface area contributed by atoms with Crippen LogP contribution < -0.4 is 10.9 Å². The molecule has 0 radical (unpaired) electrons. The third kappa shape index (κ3) is 1.92. The number of rotatable bonds is 3. The first-order chi connectivity index (χ1) is 7.19. The summed E-state index contributed by atoms with van der Waals surface area (Å²) in [5.41, 5.74) is 6.14. The Morgan fingerprint density at radius 1 is 1.47 bits per heavy atom. The topological polar surface area (TPSA) is 41.1 Å². The van der Waals surface area contributed by atoms with Gasteiger partial charge < -0.3 is 0 Å². The van der Waals surface area contributed by atoms with Gasteiger partial charge in [0.05, 0.1) is 5.41 Å². The number of carbonyl (C=O) groups is 1. The summed E-state index contributed by atoms with van der Waals surface area (Å²) in [5.74, 6) is 0.0584. The van der Waals surface area contributed by atoms with Crippen LogP contribution in [-0.2, 0) is 10.2 Å². The molecule has 15 heavy (non-hydrogen) atoms. The Morgan fingerprint density at radius 3 is 2.73 bits per heavy atom. The number of halogens is 1. The van der Waals surface area contributed by atoms with Crippen molar-refractivity contribution in [2.75, 3.05) is 7.05 Å². The molecule has 1 saturated carbocycles. The number of carbonyl (C=O) groups excluding carboxylic acids is 1. The normalized spacial score (nSPS) is 17.2. The summed E-state index contributed by atoms with van der Waals surface area (Å²) in [6, 6.07) is 7.96. The Morgan fingerprint density at radius 2 is 2.20 bits per heavy atom. The van der Waals surface area contributed by atoms with E-state index in [0.717, 1.165) is 22.9 Å². The van der Waals surface area contributed by atoms with Crippen LogP contribution in [0.3, 0.4) is 0 Å². The fourth-order valence-corrected chi connectivity index (χ4v) is 2.19. The van der Waals surface area contributed by atoms with Crippen molar-refractivity contribution in [2.24, 2.45) is 0 Å². The number of hydrogen-bond acceptors (Lipinski definition) is 2. The van der Waals surface area contributed by atoms with E-state index in [1.165, 1.54) is 0 Å². The molecule has 0 heterocycles. The summed E-state index contributed by atoms with van der Waals surface area (Å²) in [6.07, 6.45) is 1.86. The Labute approximate surface area is 97.3 Å². The highest BCUT2D eigenvalue weighted by Crippen LogP contribution is 2.48. The minimum Gasteiger partial charge on any atom is -0.291 e. The van der Waals surface area contributed by atoms with Crippen LogP contribution in [0.25, 0.3) is 0 Å². The molecule has 0 spiro atoms. The summed E-state index contributed by atoms with van der Waals surface area (Å²) in [5, 5.41) is 0. The van der Waals surface area contributed by atoms with Gasteiger partial charge in [-0.2, -0.15) is 0 Å². The van der Waals surface area contributed by atoms with Crippen molar-refractivity contribution in [3.8, 4) is 0 Å². The van der Waals surface area contributed by atoms with Crippen molar-refractivity contribution in [1.82, 2.24) is 10.9 Å². The average Bonchev–Trinajstić information content (AvgIpc) is 2.99. The molecule has 1 aromatic carbocycles. The van der Waals surface area contributed by atoms with Crippen LogP contribution in [0.5, 0.6) is 0 Å². The molecule has 1 aliphatic carbocycles. The van der Waals surface area contributed by atoms with Crippen LogP contribution in [0, 0.1) is 0 Å². The Hall–Kier alpha value is -0.870. The van der Waals surface area contributed by atoms with Gasteiger partial charge in [0.1, 0.15) is 0 Å². The van der Waals surface area contributed by atoms with Gasteiger partial charge in [-0.3, -0.25) is 10.2 Å². The highest BCUT2D eigenvalue weighted by atomic mass is 79.9. The number of hydrazine groups is 1. The van der Waals surface area contributed by atoms with Crippen LogP contribution in [0.2, 0.25) is 0 Å². The van der Waals surface area contributed by atoms with E-state index in [-0.39, 0.29) is 11.3 Å². The third-order valence-corrected chi connectivity index (χ3v) is 3.29. The zero-order valence-corrected chi connectivity index (χ0v) is 10.1. The molecule has 1 amide bonds. The van der Waals surface area contributed by atoms with Crippen LogP contribution in [0.1, 0.15) is 18.4 Å². The zero-order chi connectivity index (χ0) is 10.9. The molecular formula is C11H13BrN2O. The number of hydrogen-bond donors (Lipinski definition) is 2. The van der Waals surface area contributed by atoms with E-state index in [1.807, 2.05) is 24.3 Å². The second-order valence-electron chi connectivity index (χ2n) is 3.80. The van der Waals surface area contributed by atoms with Gasteiger partial charge in [-0.25, -0.2) is 5.43 Å². The number of nitrogens with one attached hydrogen (secondary N) is 2. The van der Waals surface area contributed by atoms with Crippen molar-refractivity contribution in [3.63, 3.8) is 0 Å². The average molecular weight is 269 g/mol. The highest BCUT2D eigenvalue weighted by Gasteiger charge is 2.51. The Bertz CT molecular complexity index is 388. The van der Waals surface area contributed by atoms with Gasteiger partial charge in [0, 0.05) is 11.5 Å². The van der Waals surface area contributed by atoms with Crippen LogP contribution in [0.15, 0.2) is 28.7 Å². The van der Waals surface area contributed by atoms with Gasteiger partial charge in [0.2, 0.25) is 5.91 Å². The largest absolute Gasteiger partial charge is 0.291 e. The van der Waals surface area contributed by atoms with E-state index in [2.05, 4.69) is 26.8 Å². The van der Waals surface area contributed by atoms with Crippen LogP contribution in [0.4, 0.5) is 0 Å². The van der Waals surface area contributed by atoms with E-state index in [0.29, 0.717) is 0 Å². The molecule has 0 saturated heterocycles. The lowest BCUT2D eigenvalue weighted by molar-refractivity contribution is -0.124. The maximum atomic E-state index is 11.9. The highest BCUT2D eigenvalue weighted by molar-refractivity contribution is 9.10. The van der Waals surface area contributed by atoms with E-state index in [9.17, 15) is 4.79 Å². The minimum atomic E-state index is -0.299. The molecule has 1 aliphatic rings. The first kappa shape index (κ1) is 10.6. The summed E-state index contributed by atoms with van der Waals surface area (Å²) in [4.78, 5) is 11.9. The maximum Gasteiger partial charge on any atom is 0.244 e. The van der Waals surface area contributed by atoms with Crippen LogP contribution in [-0.4, -0.2) is 13.0 Å². The van der Waals surface area contributed by atoms with E-state index >= 15 is 0 Å². The lowest BCUT2D eigenvalue weighted by atomic mass is 9.95. The molecule has 4 heteroatoms. The molecule has 0 aliphatic heterocycles. The SMILES string of the molecule is CNNC(=O)C1(c2cccc(Br)c2)CC1. The zero-order valence-electron chi connectivity index (χ0n) is 8.51. The molecule has 3 nitrogen and oxygen atoms in total. The lowest BCUT2D eigenvalue weighted by Gasteiger charge is -2.15. The second kappa shape index (κ2) is 3.94. The van der Waals surface area contributed by atoms with Crippen molar-refractivity contribution in [1.29, 1.82) is 0 Å². The fraction of sp³-hybridized carbons (Fsp3) is 0.364. The Kier molecular flexibility index (Phi) is 2.80. The predicted octanol–water partition coefficient (Wildman–Crippen LogP) is 1.73. The van der Waals surface area contributed by atoms with E-state index < -0.39 is 0 Å². The number of benzene rings is 1. The summed E-state index contributed by atoms with van der Waals surface area (Å²) >= 11 is 3.42. The molecule has 2 rings (SSSR count). The van der Waals surface area contributed by atoms with Crippen molar-refractivity contribution in [3.05, 3.63) is 34.3 Å². The van der Waals surface area contributed by atoms with Gasteiger partial charge in [-0.15, -0.1) is 0 Å². The smallest absolute Gasteiger partial charge is 0.244 e. The second-order valence-corrected chi connectivity index (χ2v) is 4.71. The van der Waals surface area contributed by atoms with E-state index in [4.69, 9.17) is 0 Å².